The number of imidazole rings is 1. The van der Waals surface area contributed by atoms with Gasteiger partial charge < -0.3 is 19.8 Å². The average Bonchev–Trinajstić information content (AvgIpc) is 3.35. The fourth-order valence-electron chi connectivity index (χ4n) is 3.76. The van der Waals surface area contributed by atoms with Crippen LogP contribution in [0, 0.1) is 0 Å². The van der Waals surface area contributed by atoms with Crippen molar-refractivity contribution in [1.82, 2.24) is 20.3 Å². The molecule has 4 rings (SSSR count). The molecule has 7 heteroatoms. The molecule has 6 nitrogen and oxygen atoms in total. The molecule has 0 saturated carbocycles. The monoisotopic (exact) mass is 488 g/mol. The Balaban J connectivity index is 1.33. The Kier molecular flexibility index (Phi) is 9.20. The zero-order valence-corrected chi connectivity index (χ0v) is 21.1. The Morgan fingerprint density at radius 3 is 2.20 bits per heavy atom. The summed E-state index contributed by atoms with van der Waals surface area (Å²) in [5.74, 6) is 2.69. The standard InChI is InChI=1S/C28H32N4O2S/c1-33-24-13-9-21(10-14-24)26-27(22-11-15-25(34-2)16-12-22)32-28(31-26)35-19-7-3-5-17-29-20-23-8-4-6-18-30-23/h4,6,8-16,18,29H,3,5,7,17,19-20H2,1-2H3,(H,31,32). The molecular formula is C28H32N4O2S. The van der Waals surface area contributed by atoms with Gasteiger partial charge in [0, 0.05) is 29.6 Å². The third-order valence-corrected chi connectivity index (χ3v) is 6.65. The van der Waals surface area contributed by atoms with Crippen LogP contribution in [-0.4, -0.2) is 41.5 Å². The topological polar surface area (TPSA) is 72.1 Å². The molecule has 2 aromatic carbocycles. The molecule has 35 heavy (non-hydrogen) atoms. The minimum atomic E-state index is 0.824. The van der Waals surface area contributed by atoms with Crippen molar-refractivity contribution < 1.29 is 9.47 Å². The number of benzene rings is 2. The molecule has 0 bridgehead atoms. The molecule has 0 radical (unpaired) electrons. The summed E-state index contributed by atoms with van der Waals surface area (Å²) in [4.78, 5) is 12.8. The van der Waals surface area contributed by atoms with Gasteiger partial charge in [0.25, 0.3) is 0 Å². The number of pyridine rings is 1. The van der Waals surface area contributed by atoms with E-state index in [0.29, 0.717) is 0 Å². The maximum atomic E-state index is 5.32. The lowest BCUT2D eigenvalue weighted by Gasteiger charge is -2.06. The van der Waals surface area contributed by atoms with E-state index in [0.717, 1.165) is 76.5 Å². The van der Waals surface area contributed by atoms with Gasteiger partial charge in [-0.1, -0.05) is 24.2 Å². The second-order valence-electron chi connectivity index (χ2n) is 8.13. The van der Waals surface area contributed by atoms with Crippen LogP contribution in [-0.2, 0) is 6.54 Å². The van der Waals surface area contributed by atoms with Crippen molar-refractivity contribution in [2.75, 3.05) is 26.5 Å². The molecule has 0 aliphatic carbocycles. The molecule has 4 aromatic rings. The number of H-pyrrole nitrogens is 1. The van der Waals surface area contributed by atoms with Crippen LogP contribution in [0.15, 0.2) is 78.1 Å². The van der Waals surface area contributed by atoms with Gasteiger partial charge >= 0.3 is 0 Å². The van der Waals surface area contributed by atoms with E-state index in [9.17, 15) is 0 Å². The fourth-order valence-corrected chi connectivity index (χ4v) is 4.63. The normalized spacial score (nSPS) is 10.9. The van der Waals surface area contributed by atoms with Gasteiger partial charge in [-0.05, 0) is 80.1 Å². The Labute approximate surface area is 211 Å². The molecular weight excluding hydrogens is 456 g/mol. The minimum Gasteiger partial charge on any atom is -0.497 e. The number of aromatic amines is 1. The molecule has 182 valence electrons. The maximum absolute atomic E-state index is 5.32. The number of thioether (sulfide) groups is 1. The van der Waals surface area contributed by atoms with E-state index in [-0.39, 0.29) is 0 Å². The zero-order chi connectivity index (χ0) is 24.3. The lowest BCUT2D eigenvalue weighted by molar-refractivity contribution is 0.414. The van der Waals surface area contributed by atoms with Crippen molar-refractivity contribution in [1.29, 1.82) is 0 Å². The third kappa shape index (κ3) is 7.10. The SMILES string of the molecule is COc1ccc(-c2nc(SCCCCCNCc3ccccn3)[nH]c2-c2ccc(OC)cc2)cc1. The number of hydrogen-bond acceptors (Lipinski definition) is 6. The van der Waals surface area contributed by atoms with Crippen LogP contribution in [0.2, 0.25) is 0 Å². The van der Waals surface area contributed by atoms with Crippen LogP contribution in [0.1, 0.15) is 25.0 Å². The van der Waals surface area contributed by atoms with Crippen molar-refractivity contribution in [2.24, 2.45) is 0 Å². The molecule has 0 spiro atoms. The van der Waals surface area contributed by atoms with Gasteiger partial charge in [0.05, 0.1) is 31.3 Å². The smallest absolute Gasteiger partial charge is 0.166 e. The first-order chi connectivity index (χ1) is 17.3. The molecule has 0 atom stereocenters. The number of hydrogen-bond donors (Lipinski definition) is 2. The molecule has 2 N–H and O–H groups in total. The number of methoxy groups -OCH3 is 2. The Hall–Kier alpha value is -3.29. The van der Waals surface area contributed by atoms with E-state index in [2.05, 4.69) is 39.6 Å². The van der Waals surface area contributed by atoms with Crippen molar-refractivity contribution >= 4 is 11.8 Å². The van der Waals surface area contributed by atoms with Crippen LogP contribution < -0.4 is 14.8 Å². The summed E-state index contributed by atoms with van der Waals surface area (Å²) in [5, 5.41) is 4.41. The van der Waals surface area contributed by atoms with Crippen LogP contribution in [0.4, 0.5) is 0 Å². The quantitative estimate of drug-likeness (QED) is 0.172. The Bertz CT molecular complexity index is 1100. The van der Waals surface area contributed by atoms with Crippen LogP contribution in [0.3, 0.4) is 0 Å². The second-order valence-corrected chi connectivity index (χ2v) is 9.21. The van der Waals surface area contributed by atoms with Crippen molar-refractivity contribution in [2.45, 2.75) is 31.0 Å². The summed E-state index contributed by atoms with van der Waals surface area (Å²) in [7, 11) is 3.36. The Morgan fingerprint density at radius 2 is 1.54 bits per heavy atom. The molecule has 0 fully saturated rings. The van der Waals surface area contributed by atoms with E-state index < -0.39 is 0 Å². The van der Waals surface area contributed by atoms with Gasteiger partial charge in [0.15, 0.2) is 5.16 Å². The lowest BCUT2D eigenvalue weighted by atomic mass is 10.0. The lowest BCUT2D eigenvalue weighted by Crippen LogP contribution is -2.15. The molecule has 2 aromatic heterocycles. The number of ether oxygens (including phenoxy) is 2. The predicted molar refractivity (Wildman–Crippen MR) is 143 cm³/mol. The number of rotatable bonds is 13. The third-order valence-electron chi connectivity index (χ3n) is 5.69. The number of aromatic nitrogens is 3. The predicted octanol–water partition coefficient (Wildman–Crippen LogP) is 6.21. The van der Waals surface area contributed by atoms with E-state index in [1.807, 2.05) is 48.7 Å². The second kappa shape index (κ2) is 13.0. The number of nitrogens with zero attached hydrogens (tertiary/aromatic N) is 2. The summed E-state index contributed by atoms with van der Waals surface area (Å²) in [6.07, 6.45) is 5.31. The summed E-state index contributed by atoms with van der Waals surface area (Å²) in [6, 6.07) is 22.1. The first-order valence-corrected chi connectivity index (χ1v) is 12.9. The van der Waals surface area contributed by atoms with Gasteiger partial charge in [0.1, 0.15) is 11.5 Å². The molecule has 0 unspecified atom stereocenters. The van der Waals surface area contributed by atoms with Crippen LogP contribution in [0.25, 0.3) is 22.5 Å². The average molecular weight is 489 g/mol. The zero-order valence-electron chi connectivity index (χ0n) is 20.3. The number of unbranched alkanes of at least 4 members (excludes halogenated alkanes) is 2. The molecule has 0 aliphatic heterocycles. The first-order valence-electron chi connectivity index (χ1n) is 11.9. The summed E-state index contributed by atoms with van der Waals surface area (Å²) in [6.45, 7) is 1.83. The molecule has 2 heterocycles. The molecule has 0 aliphatic rings. The largest absolute Gasteiger partial charge is 0.497 e. The summed E-state index contributed by atoms with van der Waals surface area (Å²) in [5.41, 5.74) is 5.17. The van der Waals surface area contributed by atoms with E-state index in [1.54, 1.807) is 26.0 Å². The summed E-state index contributed by atoms with van der Waals surface area (Å²) >= 11 is 1.77. The van der Waals surface area contributed by atoms with Crippen molar-refractivity contribution in [3.63, 3.8) is 0 Å². The highest BCUT2D eigenvalue weighted by atomic mass is 32.2. The van der Waals surface area contributed by atoms with Crippen molar-refractivity contribution in [3.05, 3.63) is 78.6 Å². The highest BCUT2D eigenvalue weighted by Gasteiger charge is 2.15. The first kappa shape index (κ1) is 24.8. The van der Waals surface area contributed by atoms with E-state index in [1.165, 1.54) is 6.42 Å². The van der Waals surface area contributed by atoms with Gasteiger partial charge in [-0.3, -0.25) is 4.98 Å². The Morgan fingerprint density at radius 1 is 0.829 bits per heavy atom. The fraction of sp³-hybridized carbons (Fsp3) is 0.286. The minimum absolute atomic E-state index is 0.824. The van der Waals surface area contributed by atoms with Gasteiger partial charge in [-0.2, -0.15) is 0 Å². The molecule has 0 saturated heterocycles. The van der Waals surface area contributed by atoms with Crippen molar-refractivity contribution in [3.8, 4) is 34.0 Å². The molecule has 0 amide bonds. The maximum Gasteiger partial charge on any atom is 0.166 e. The van der Waals surface area contributed by atoms with Gasteiger partial charge in [0.2, 0.25) is 0 Å². The van der Waals surface area contributed by atoms with Crippen LogP contribution >= 0.6 is 11.8 Å². The van der Waals surface area contributed by atoms with E-state index in [4.69, 9.17) is 14.5 Å². The number of nitrogens with one attached hydrogen (secondary N) is 2. The summed E-state index contributed by atoms with van der Waals surface area (Å²) < 4.78 is 10.6. The van der Waals surface area contributed by atoms with Crippen LogP contribution in [0.5, 0.6) is 11.5 Å². The highest BCUT2D eigenvalue weighted by Crippen LogP contribution is 2.34. The highest BCUT2D eigenvalue weighted by molar-refractivity contribution is 7.99. The van der Waals surface area contributed by atoms with E-state index >= 15 is 0 Å². The van der Waals surface area contributed by atoms with Gasteiger partial charge in [-0.25, -0.2) is 4.98 Å². The van der Waals surface area contributed by atoms with Gasteiger partial charge in [-0.15, -0.1) is 0 Å².